The molecule has 0 saturated heterocycles. The lowest BCUT2D eigenvalue weighted by Crippen LogP contribution is -2.14. The van der Waals surface area contributed by atoms with Crippen molar-refractivity contribution in [2.24, 2.45) is 0 Å². The molecular formula is C17H14FN3O2. The van der Waals surface area contributed by atoms with E-state index >= 15 is 0 Å². The van der Waals surface area contributed by atoms with Crippen molar-refractivity contribution in [2.45, 2.75) is 13.3 Å². The highest BCUT2D eigenvalue weighted by molar-refractivity contribution is 5.90. The molecule has 0 spiro atoms. The van der Waals surface area contributed by atoms with Gasteiger partial charge < -0.3 is 4.42 Å². The number of hydrogen-bond acceptors (Lipinski definition) is 4. The van der Waals surface area contributed by atoms with Crippen LogP contribution in [-0.4, -0.2) is 16.1 Å². The van der Waals surface area contributed by atoms with Crippen molar-refractivity contribution in [3.05, 3.63) is 65.5 Å². The number of aromatic nitrogens is 2. The molecule has 116 valence electrons. The zero-order chi connectivity index (χ0) is 16.2. The third kappa shape index (κ3) is 3.79. The third-order valence-corrected chi connectivity index (χ3v) is 3.23. The van der Waals surface area contributed by atoms with Crippen LogP contribution in [0.1, 0.15) is 11.1 Å². The minimum absolute atomic E-state index is 0.0126. The Hall–Kier alpha value is -3.02. The summed E-state index contributed by atoms with van der Waals surface area (Å²) in [4.78, 5) is 12.0. The Kier molecular flexibility index (Phi) is 4.14. The molecule has 3 aromatic rings. The number of halogens is 1. The Morgan fingerprint density at radius 2 is 1.96 bits per heavy atom. The predicted octanol–water partition coefficient (Wildman–Crippen LogP) is 3.37. The quantitative estimate of drug-likeness (QED) is 0.802. The van der Waals surface area contributed by atoms with Gasteiger partial charge in [0.05, 0.1) is 6.42 Å². The fraction of sp³-hybridized carbons (Fsp3) is 0.118. The summed E-state index contributed by atoms with van der Waals surface area (Å²) >= 11 is 0. The van der Waals surface area contributed by atoms with Crippen LogP contribution in [0.2, 0.25) is 0 Å². The second-order valence-electron chi connectivity index (χ2n) is 5.13. The van der Waals surface area contributed by atoms with E-state index in [4.69, 9.17) is 4.42 Å². The van der Waals surface area contributed by atoms with Gasteiger partial charge in [-0.25, -0.2) is 4.39 Å². The molecule has 0 unspecified atom stereocenters. The fourth-order valence-corrected chi connectivity index (χ4v) is 2.07. The SMILES string of the molecule is Cc1ccc(CC(=O)Nc2nnc(-c3cccc(F)c3)o2)cc1. The van der Waals surface area contributed by atoms with Crippen molar-refractivity contribution < 1.29 is 13.6 Å². The highest BCUT2D eigenvalue weighted by atomic mass is 19.1. The van der Waals surface area contributed by atoms with Gasteiger partial charge >= 0.3 is 6.01 Å². The molecule has 1 amide bonds. The number of benzene rings is 2. The molecule has 0 aliphatic carbocycles. The zero-order valence-electron chi connectivity index (χ0n) is 12.4. The predicted molar refractivity (Wildman–Crippen MR) is 83.2 cm³/mol. The summed E-state index contributed by atoms with van der Waals surface area (Å²) in [5, 5.41) is 10.1. The van der Waals surface area contributed by atoms with Crippen molar-refractivity contribution >= 4 is 11.9 Å². The first-order valence-corrected chi connectivity index (χ1v) is 7.05. The van der Waals surface area contributed by atoms with Gasteiger partial charge in [-0.05, 0) is 30.7 Å². The Morgan fingerprint density at radius 3 is 2.70 bits per heavy atom. The maximum Gasteiger partial charge on any atom is 0.322 e. The third-order valence-electron chi connectivity index (χ3n) is 3.23. The molecule has 0 radical (unpaired) electrons. The summed E-state index contributed by atoms with van der Waals surface area (Å²) in [6.07, 6.45) is 0.206. The van der Waals surface area contributed by atoms with Gasteiger partial charge in [-0.2, -0.15) is 0 Å². The monoisotopic (exact) mass is 311 g/mol. The molecule has 1 N–H and O–H groups in total. The van der Waals surface area contributed by atoms with E-state index in [0.717, 1.165) is 11.1 Å². The van der Waals surface area contributed by atoms with Crippen LogP contribution in [0.25, 0.3) is 11.5 Å². The number of carbonyl (C=O) groups is 1. The lowest BCUT2D eigenvalue weighted by atomic mass is 10.1. The molecule has 1 heterocycles. The highest BCUT2D eigenvalue weighted by Crippen LogP contribution is 2.20. The number of nitrogens with zero attached hydrogens (tertiary/aromatic N) is 2. The van der Waals surface area contributed by atoms with Crippen LogP contribution in [-0.2, 0) is 11.2 Å². The average Bonchev–Trinajstić information content (AvgIpc) is 2.98. The second-order valence-corrected chi connectivity index (χ2v) is 5.13. The Labute approximate surface area is 132 Å². The van der Waals surface area contributed by atoms with Gasteiger partial charge in [-0.15, -0.1) is 5.10 Å². The van der Waals surface area contributed by atoms with E-state index in [0.29, 0.717) is 5.56 Å². The molecule has 0 aliphatic heterocycles. The number of nitrogens with one attached hydrogen (secondary N) is 1. The second kappa shape index (κ2) is 6.39. The van der Waals surface area contributed by atoms with E-state index < -0.39 is 5.82 Å². The van der Waals surface area contributed by atoms with Crippen molar-refractivity contribution in [1.29, 1.82) is 0 Å². The molecule has 1 aromatic heterocycles. The largest absolute Gasteiger partial charge is 0.403 e. The number of carbonyl (C=O) groups excluding carboxylic acids is 1. The molecule has 6 heteroatoms. The van der Waals surface area contributed by atoms with Crippen LogP contribution < -0.4 is 5.32 Å². The molecule has 0 bridgehead atoms. The highest BCUT2D eigenvalue weighted by Gasteiger charge is 2.12. The molecule has 0 saturated carbocycles. The number of rotatable bonds is 4. The van der Waals surface area contributed by atoms with Gasteiger partial charge in [0.15, 0.2) is 0 Å². The number of hydrogen-bond donors (Lipinski definition) is 1. The van der Waals surface area contributed by atoms with E-state index in [1.165, 1.54) is 12.1 Å². The summed E-state index contributed by atoms with van der Waals surface area (Å²) in [5.41, 5.74) is 2.47. The zero-order valence-corrected chi connectivity index (χ0v) is 12.4. The topological polar surface area (TPSA) is 68.0 Å². The van der Waals surface area contributed by atoms with Gasteiger partial charge in [0.25, 0.3) is 0 Å². The van der Waals surface area contributed by atoms with Gasteiger partial charge in [-0.1, -0.05) is 41.0 Å². The van der Waals surface area contributed by atoms with Gasteiger partial charge in [0.2, 0.25) is 11.8 Å². The average molecular weight is 311 g/mol. The Morgan fingerprint density at radius 1 is 1.17 bits per heavy atom. The van der Waals surface area contributed by atoms with Crippen LogP contribution in [0.3, 0.4) is 0 Å². The molecule has 0 atom stereocenters. The van der Waals surface area contributed by atoms with Gasteiger partial charge in [0.1, 0.15) is 5.82 Å². The van der Waals surface area contributed by atoms with Crippen LogP contribution in [0, 0.1) is 12.7 Å². The number of aryl methyl sites for hydroxylation is 1. The molecule has 0 aliphatic rings. The number of anilines is 1. The van der Waals surface area contributed by atoms with E-state index in [-0.39, 0.29) is 24.2 Å². The lowest BCUT2D eigenvalue weighted by Gasteiger charge is -2.01. The van der Waals surface area contributed by atoms with E-state index in [9.17, 15) is 9.18 Å². The first-order valence-electron chi connectivity index (χ1n) is 7.05. The summed E-state index contributed by atoms with van der Waals surface area (Å²) < 4.78 is 18.5. The van der Waals surface area contributed by atoms with E-state index in [1.54, 1.807) is 12.1 Å². The molecule has 3 rings (SSSR count). The molecule has 2 aromatic carbocycles. The smallest absolute Gasteiger partial charge is 0.322 e. The van der Waals surface area contributed by atoms with Crippen molar-refractivity contribution in [1.82, 2.24) is 10.2 Å². The molecule has 5 nitrogen and oxygen atoms in total. The van der Waals surface area contributed by atoms with Crippen molar-refractivity contribution in [3.63, 3.8) is 0 Å². The summed E-state index contributed by atoms with van der Waals surface area (Å²) in [6.45, 7) is 1.98. The standard InChI is InChI=1S/C17H14FN3O2/c1-11-5-7-12(8-6-11)9-15(22)19-17-21-20-16(23-17)13-3-2-4-14(18)10-13/h2-8,10H,9H2,1H3,(H,19,21,22). The van der Waals surface area contributed by atoms with Gasteiger partial charge in [0, 0.05) is 5.56 Å². The lowest BCUT2D eigenvalue weighted by molar-refractivity contribution is -0.115. The summed E-state index contributed by atoms with van der Waals surface area (Å²) in [6, 6.07) is 13.5. The molecule has 23 heavy (non-hydrogen) atoms. The first-order chi connectivity index (χ1) is 11.1. The van der Waals surface area contributed by atoms with Crippen LogP contribution in [0.4, 0.5) is 10.4 Å². The van der Waals surface area contributed by atoms with Crippen LogP contribution >= 0.6 is 0 Å². The Bertz CT molecular complexity index is 828. The van der Waals surface area contributed by atoms with E-state index in [1.807, 2.05) is 31.2 Å². The minimum atomic E-state index is -0.398. The normalized spacial score (nSPS) is 10.5. The van der Waals surface area contributed by atoms with Crippen LogP contribution in [0.15, 0.2) is 52.9 Å². The summed E-state index contributed by atoms with van der Waals surface area (Å²) in [7, 11) is 0. The van der Waals surface area contributed by atoms with Crippen molar-refractivity contribution in [2.75, 3.05) is 5.32 Å². The first kappa shape index (κ1) is 14.9. The van der Waals surface area contributed by atoms with Crippen LogP contribution in [0.5, 0.6) is 0 Å². The van der Waals surface area contributed by atoms with E-state index in [2.05, 4.69) is 15.5 Å². The Balaban J connectivity index is 1.66. The molecular weight excluding hydrogens is 297 g/mol. The minimum Gasteiger partial charge on any atom is -0.403 e. The molecule has 0 fully saturated rings. The maximum atomic E-state index is 13.2. The maximum absolute atomic E-state index is 13.2. The number of amides is 1. The summed E-state index contributed by atoms with van der Waals surface area (Å²) in [5.74, 6) is -0.510. The van der Waals surface area contributed by atoms with Crippen molar-refractivity contribution in [3.8, 4) is 11.5 Å². The fourth-order valence-electron chi connectivity index (χ4n) is 2.07. The van der Waals surface area contributed by atoms with Gasteiger partial charge in [-0.3, -0.25) is 10.1 Å².